The lowest BCUT2D eigenvalue weighted by atomic mass is 10.3. The van der Waals surface area contributed by atoms with Gasteiger partial charge in [0.15, 0.2) is 5.82 Å². The van der Waals surface area contributed by atoms with Crippen molar-refractivity contribution < 1.29 is 0 Å². The third-order valence-corrected chi connectivity index (χ3v) is 2.80. The minimum Gasteiger partial charge on any atom is -0.312 e. The van der Waals surface area contributed by atoms with Gasteiger partial charge in [-0.05, 0) is 12.1 Å². The van der Waals surface area contributed by atoms with Crippen molar-refractivity contribution in [3.05, 3.63) is 52.3 Å². The van der Waals surface area contributed by atoms with Gasteiger partial charge < -0.3 is 4.98 Å². The molecule has 0 aliphatic heterocycles. The van der Waals surface area contributed by atoms with Gasteiger partial charge in [-0.2, -0.15) is 0 Å². The molecule has 0 fully saturated rings. The summed E-state index contributed by atoms with van der Waals surface area (Å²) in [4.78, 5) is 22.1. The maximum absolute atomic E-state index is 11.4. The molecule has 0 atom stereocenters. The number of halogens is 1. The standard InChI is InChI=1S/C11H7ClN4O/c12-9-10(13-5-14-11(9)17)16-6-15-7-3-1-2-4-8(7)16/h1-6H,(H,13,14,17). The van der Waals surface area contributed by atoms with E-state index in [0.29, 0.717) is 5.82 Å². The van der Waals surface area contributed by atoms with E-state index in [1.807, 2.05) is 24.3 Å². The molecule has 0 saturated carbocycles. The zero-order valence-electron chi connectivity index (χ0n) is 8.59. The zero-order chi connectivity index (χ0) is 11.8. The summed E-state index contributed by atoms with van der Waals surface area (Å²) < 4.78 is 1.69. The lowest BCUT2D eigenvalue weighted by Crippen LogP contribution is -2.11. The summed E-state index contributed by atoms with van der Waals surface area (Å²) in [7, 11) is 0. The number of rotatable bonds is 1. The fourth-order valence-electron chi connectivity index (χ4n) is 1.67. The lowest BCUT2D eigenvalue weighted by Gasteiger charge is -2.03. The summed E-state index contributed by atoms with van der Waals surface area (Å²) in [5.41, 5.74) is 1.31. The van der Waals surface area contributed by atoms with Crippen LogP contribution >= 0.6 is 11.6 Å². The molecule has 0 aliphatic carbocycles. The van der Waals surface area contributed by atoms with Gasteiger partial charge in [0.25, 0.3) is 5.56 Å². The Labute approximate surface area is 101 Å². The summed E-state index contributed by atoms with van der Waals surface area (Å²) >= 11 is 5.93. The van der Waals surface area contributed by atoms with Gasteiger partial charge in [0.1, 0.15) is 11.3 Å². The van der Waals surface area contributed by atoms with E-state index in [2.05, 4.69) is 15.0 Å². The van der Waals surface area contributed by atoms with Gasteiger partial charge in [-0.25, -0.2) is 9.97 Å². The minimum atomic E-state index is -0.366. The molecule has 0 aliphatic rings. The van der Waals surface area contributed by atoms with E-state index in [-0.39, 0.29) is 10.6 Å². The normalized spacial score (nSPS) is 10.9. The van der Waals surface area contributed by atoms with Crippen molar-refractivity contribution in [1.29, 1.82) is 0 Å². The molecule has 2 heterocycles. The Morgan fingerprint density at radius 2 is 2.06 bits per heavy atom. The van der Waals surface area contributed by atoms with Crippen molar-refractivity contribution >= 4 is 22.6 Å². The van der Waals surface area contributed by atoms with E-state index in [1.54, 1.807) is 10.9 Å². The molecular weight excluding hydrogens is 240 g/mol. The number of aromatic nitrogens is 4. The van der Waals surface area contributed by atoms with Crippen LogP contribution in [0.5, 0.6) is 0 Å². The highest BCUT2D eigenvalue weighted by Crippen LogP contribution is 2.19. The smallest absolute Gasteiger partial charge is 0.271 e. The summed E-state index contributed by atoms with van der Waals surface area (Å²) in [6.45, 7) is 0. The van der Waals surface area contributed by atoms with Gasteiger partial charge in [-0.15, -0.1) is 0 Å². The maximum atomic E-state index is 11.4. The third-order valence-electron chi connectivity index (χ3n) is 2.46. The van der Waals surface area contributed by atoms with Gasteiger partial charge in [-0.3, -0.25) is 9.36 Å². The number of aromatic amines is 1. The number of H-pyrrole nitrogens is 1. The van der Waals surface area contributed by atoms with E-state index >= 15 is 0 Å². The number of benzene rings is 1. The van der Waals surface area contributed by atoms with E-state index < -0.39 is 0 Å². The fourth-order valence-corrected chi connectivity index (χ4v) is 1.86. The Morgan fingerprint density at radius 1 is 1.24 bits per heavy atom. The fraction of sp³-hybridized carbons (Fsp3) is 0. The molecule has 3 rings (SSSR count). The van der Waals surface area contributed by atoms with E-state index in [1.165, 1.54) is 6.33 Å². The quantitative estimate of drug-likeness (QED) is 0.712. The number of imidazole rings is 1. The summed E-state index contributed by atoms with van der Waals surface area (Å²) in [5, 5.41) is 0.0515. The zero-order valence-corrected chi connectivity index (χ0v) is 9.35. The number of hydrogen-bond acceptors (Lipinski definition) is 3. The Hall–Kier alpha value is -2.14. The number of fused-ring (bicyclic) bond motifs is 1. The molecule has 1 aromatic carbocycles. The van der Waals surface area contributed by atoms with Crippen LogP contribution < -0.4 is 5.56 Å². The van der Waals surface area contributed by atoms with E-state index in [9.17, 15) is 4.79 Å². The van der Waals surface area contributed by atoms with Crippen LogP contribution in [0.25, 0.3) is 16.9 Å². The van der Waals surface area contributed by atoms with Crippen LogP contribution in [0.1, 0.15) is 0 Å². The van der Waals surface area contributed by atoms with Gasteiger partial charge in [-0.1, -0.05) is 23.7 Å². The molecule has 0 bridgehead atoms. The molecule has 17 heavy (non-hydrogen) atoms. The highest BCUT2D eigenvalue weighted by atomic mass is 35.5. The highest BCUT2D eigenvalue weighted by molar-refractivity contribution is 6.32. The Balaban J connectivity index is 2.35. The van der Waals surface area contributed by atoms with Crippen LogP contribution in [0.15, 0.2) is 41.7 Å². The van der Waals surface area contributed by atoms with Crippen LogP contribution in [0.3, 0.4) is 0 Å². The second-order valence-corrected chi connectivity index (χ2v) is 3.85. The van der Waals surface area contributed by atoms with Crippen molar-refractivity contribution in [3.8, 4) is 5.82 Å². The van der Waals surface area contributed by atoms with Crippen molar-refractivity contribution in [1.82, 2.24) is 19.5 Å². The molecule has 0 amide bonds. The molecule has 1 N–H and O–H groups in total. The predicted molar refractivity (Wildman–Crippen MR) is 64.5 cm³/mol. The first-order chi connectivity index (χ1) is 8.27. The molecule has 0 saturated heterocycles. The lowest BCUT2D eigenvalue weighted by molar-refractivity contribution is 0.980. The topological polar surface area (TPSA) is 63.6 Å². The Bertz CT molecular complexity index is 746. The highest BCUT2D eigenvalue weighted by Gasteiger charge is 2.10. The first-order valence-corrected chi connectivity index (χ1v) is 5.31. The molecule has 3 aromatic rings. The van der Waals surface area contributed by atoms with Crippen molar-refractivity contribution in [3.63, 3.8) is 0 Å². The average molecular weight is 247 g/mol. The predicted octanol–water partition coefficient (Wildman–Crippen LogP) is 1.76. The number of hydrogen-bond donors (Lipinski definition) is 1. The van der Waals surface area contributed by atoms with E-state index in [0.717, 1.165) is 11.0 Å². The van der Waals surface area contributed by atoms with Crippen molar-refractivity contribution in [2.24, 2.45) is 0 Å². The molecule has 0 spiro atoms. The molecule has 6 heteroatoms. The van der Waals surface area contributed by atoms with Crippen molar-refractivity contribution in [2.75, 3.05) is 0 Å². The third kappa shape index (κ3) is 1.52. The summed E-state index contributed by atoms with van der Waals surface area (Å²) in [6, 6.07) is 7.56. The molecule has 2 aromatic heterocycles. The molecule has 84 valence electrons. The van der Waals surface area contributed by atoms with Crippen molar-refractivity contribution in [2.45, 2.75) is 0 Å². The summed E-state index contributed by atoms with van der Waals surface area (Å²) in [6.07, 6.45) is 2.91. The first-order valence-electron chi connectivity index (χ1n) is 4.93. The van der Waals surface area contributed by atoms with Crippen LogP contribution in [-0.4, -0.2) is 19.5 Å². The van der Waals surface area contributed by atoms with Gasteiger partial charge in [0.05, 0.1) is 17.4 Å². The number of para-hydroxylation sites is 2. The van der Waals surface area contributed by atoms with Gasteiger partial charge >= 0.3 is 0 Å². The average Bonchev–Trinajstić information content (AvgIpc) is 2.77. The Kier molecular flexibility index (Phi) is 2.19. The van der Waals surface area contributed by atoms with Crippen LogP contribution in [0, 0.1) is 0 Å². The van der Waals surface area contributed by atoms with Crippen LogP contribution in [0.2, 0.25) is 5.02 Å². The van der Waals surface area contributed by atoms with Crippen LogP contribution in [0.4, 0.5) is 0 Å². The SMILES string of the molecule is O=c1[nH]cnc(-n2cnc3ccccc32)c1Cl. The molecule has 0 unspecified atom stereocenters. The number of nitrogens with zero attached hydrogens (tertiary/aromatic N) is 3. The largest absolute Gasteiger partial charge is 0.312 e. The summed E-state index contributed by atoms with van der Waals surface area (Å²) in [5.74, 6) is 0.379. The Morgan fingerprint density at radius 3 is 2.94 bits per heavy atom. The maximum Gasteiger partial charge on any atom is 0.271 e. The minimum absolute atomic E-state index is 0.0515. The number of nitrogens with one attached hydrogen (secondary N) is 1. The second kappa shape index (κ2) is 3.71. The molecule has 0 radical (unpaired) electrons. The van der Waals surface area contributed by atoms with Crippen LogP contribution in [-0.2, 0) is 0 Å². The second-order valence-electron chi connectivity index (χ2n) is 3.47. The van der Waals surface area contributed by atoms with E-state index in [4.69, 9.17) is 11.6 Å². The monoisotopic (exact) mass is 246 g/mol. The first kappa shape index (κ1) is 10.0. The van der Waals surface area contributed by atoms with Gasteiger partial charge in [0.2, 0.25) is 0 Å². The van der Waals surface area contributed by atoms with Gasteiger partial charge in [0, 0.05) is 0 Å². The molecular formula is C11H7ClN4O. The molecule has 5 nitrogen and oxygen atoms in total.